The highest BCUT2D eigenvalue weighted by atomic mass is 35.5. The molecule has 2 aromatic rings. The van der Waals surface area contributed by atoms with Gasteiger partial charge in [-0.2, -0.15) is 0 Å². The third-order valence-electron chi connectivity index (χ3n) is 2.95. The van der Waals surface area contributed by atoms with Crippen LogP contribution in [0.5, 0.6) is 0 Å². The lowest BCUT2D eigenvalue weighted by atomic mass is 10.4. The van der Waals surface area contributed by atoms with Crippen LogP contribution in [0, 0.1) is 0 Å². The Morgan fingerprint density at radius 2 is 2.29 bits per heavy atom. The maximum absolute atomic E-state index is 5.93. The molecule has 92 valence electrons. The molecule has 0 amide bonds. The van der Waals surface area contributed by atoms with Crippen molar-refractivity contribution >= 4 is 22.8 Å². The summed E-state index contributed by atoms with van der Waals surface area (Å²) >= 11 is 5.93. The summed E-state index contributed by atoms with van der Waals surface area (Å²) < 4.78 is 2.11. The minimum atomic E-state index is 0.423. The fraction of sp³-hybridized carbons (Fsp3) is 0.500. The number of fused-ring (bicyclic) bond motifs is 1. The molecule has 0 unspecified atom stereocenters. The number of alkyl halides is 1. The lowest BCUT2D eigenvalue weighted by molar-refractivity contribution is 0.335. The van der Waals surface area contributed by atoms with Gasteiger partial charge < -0.3 is 9.47 Å². The molecule has 0 saturated heterocycles. The van der Waals surface area contributed by atoms with E-state index in [0.29, 0.717) is 5.88 Å². The van der Waals surface area contributed by atoms with Gasteiger partial charge >= 0.3 is 0 Å². The second-order valence-corrected chi connectivity index (χ2v) is 4.32. The summed E-state index contributed by atoms with van der Waals surface area (Å²) in [6, 6.07) is 3.87. The van der Waals surface area contributed by atoms with Gasteiger partial charge in [-0.15, -0.1) is 11.6 Å². The van der Waals surface area contributed by atoms with Crippen LogP contribution < -0.4 is 0 Å². The third-order valence-corrected chi connectivity index (χ3v) is 3.19. The molecule has 0 N–H and O–H groups in total. The van der Waals surface area contributed by atoms with Crippen LogP contribution in [0.4, 0.5) is 0 Å². The standard InChI is InChI=1S/C12H17ClN4/c1-3-16(2)7-8-17-11(9-13)15-10-5-4-6-14-12(10)17/h4-6H,3,7-9H2,1-2H3. The number of halogens is 1. The lowest BCUT2D eigenvalue weighted by Crippen LogP contribution is -2.23. The minimum Gasteiger partial charge on any atom is -0.310 e. The smallest absolute Gasteiger partial charge is 0.160 e. The van der Waals surface area contributed by atoms with Crippen LogP contribution in [0.15, 0.2) is 18.3 Å². The highest BCUT2D eigenvalue weighted by Gasteiger charge is 2.10. The van der Waals surface area contributed by atoms with Gasteiger partial charge in [-0.25, -0.2) is 9.97 Å². The molecule has 0 saturated carbocycles. The predicted molar refractivity (Wildman–Crippen MR) is 70.3 cm³/mol. The van der Waals surface area contributed by atoms with Crippen molar-refractivity contribution in [2.75, 3.05) is 20.1 Å². The second-order valence-electron chi connectivity index (χ2n) is 4.06. The summed E-state index contributed by atoms with van der Waals surface area (Å²) in [5.74, 6) is 1.32. The van der Waals surface area contributed by atoms with Crippen LogP contribution in [0.2, 0.25) is 0 Å². The Kier molecular flexibility index (Phi) is 3.97. The van der Waals surface area contributed by atoms with Crippen molar-refractivity contribution in [2.24, 2.45) is 0 Å². The zero-order valence-corrected chi connectivity index (χ0v) is 11.0. The molecule has 0 bridgehead atoms. The molecule has 2 heterocycles. The molecule has 0 aliphatic carbocycles. The first-order valence-corrected chi connectivity index (χ1v) is 6.34. The number of rotatable bonds is 5. The Bertz CT molecular complexity index is 494. The first-order valence-electron chi connectivity index (χ1n) is 5.81. The van der Waals surface area contributed by atoms with E-state index < -0.39 is 0 Å². The molecule has 0 atom stereocenters. The van der Waals surface area contributed by atoms with Crippen molar-refractivity contribution < 1.29 is 0 Å². The number of imidazole rings is 1. The molecule has 0 aromatic carbocycles. The Hall–Kier alpha value is -1.13. The Morgan fingerprint density at radius 3 is 3.00 bits per heavy atom. The van der Waals surface area contributed by atoms with Gasteiger partial charge in [0, 0.05) is 19.3 Å². The zero-order valence-electron chi connectivity index (χ0n) is 10.2. The van der Waals surface area contributed by atoms with Crippen molar-refractivity contribution in [1.29, 1.82) is 0 Å². The minimum absolute atomic E-state index is 0.423. The number of hydrogen-bond donors (Lipinski definition) is 0. The van der Waals surface area contributed by atoms with Crippen LogP contribution in [0.3, 0.4) is 0 Å². The summed E-state index contributed by atoms with van der Waals surface area (Å²) in [6.07, 6.45) is 1.79. The number of nitrogens with zero attached hydrogens (tertiary/aromatic N) is 4. The molecule has 2 aromatic heterocycles. The SMILES string of the molecule is CCN(C)CCn1c(CCl)nc2cccnc21. The first kappa shape index (κ1) is 12.3. The van der Waals surface area contributed by atoms with Gasteiger partial charge in [0.05, 0.1) is 5.88 Å². The second kappa shape index (κ2) is 5.47. The van der Waals surface area contributed by atoms with Crippen LogP contribution in [-0.4, -0.2) is 39.6 Å². The first-order chi connectivity index (χ1) is 8.26. The van der Waals surface area contributed by atoms with E-state index in [4.69, 9.17) is 11.6 Å². The van der Waals surface area contributed by atoms with E-state index in [0.717, 1.165) is 36.6 Å². The highest BCUT2D eigenvalue weighted by molar-refractivity contribution is 6.16. The van der Waals surface area contributed by atoms with Gasteiger partial charge in [0.25, 0.3) is 0 Å². The lowest BCUT2D eigenvalue weighted by Gasteiger charge is -2.15. The van der Waals surface area contributed by atoms with E-state index in [9.17, 15) is 0 Å². The van der Waals surface area contributed by atoms with E-state index in [1.54, 1.807) is 6.20 Å². The van der Waals surface area contributed by atoms with E-state index in [1.165, 1.54) is 0 Å². The number of likely N-dealkylation sites (N-methyl/N-ethyl adjacent to an activating group) is 1. The highest BCUT2D eigenvalue weighted by Crippen LogP contribution is 2.14. The van der Waals surface area contributed by atoms with Gasteiger partial charge in [0.2, 0.25) is 0 Å². The maximum atomic E-state index is 5.93. The molecule has 2 rings (SSSR count). The average molecular weight is 253 g/mol. The van der Waals surface area contributed by atoms with Gasteiger partial charge in [-0.05, 0) is 25.7 Å². The van der Waals surface area contributed by atoms with E-state index in [2.05, 4.69) is 33.4 Å². The fourth-order valence-corrected chi connectivity index (χ4v) is 1.98. The molecular weight excluding hydrogens is 236 g/mol. The molecule has 0 aliphatic rings. The van der Waals surface area contributed by atoms with E-state index >= 15 is 0 Å². The van der Waals surface area contributed by atoms with Crippen molar-refractivity contribution in [1.82, 2.24) is 19.4 Å². The predicted octanol–water partition coefficient (Wildman–Crippen LogP) is 2.12. The molecule has 17 heavy (non-hydrogen) atoms. The number of aromatic nitrogens is 3. The number of hydrogen-bond acceptors (Lipinski definition) is 3. The summed E-state index contributed by atoms with van der Waals surface area (Å²) in [5.41, 5.74) is 1.84. The summed E-state index contributed by atoms with van der Waals surface area (Å²) in [6.45, 7) is 5.03. The molecule has 0 aliphatic heterocycles. The molecule has 0 fully saturated rings. The van der Waals surface area contributed by atoms with Crippen molar-refractivity contribution in [2.45, 2.75) is 19.3 Å². The van der Waals surface area contributed by atoms with Crippen molar-refractivity contribution in [3.8, 4) is 0 Å². The summed E-state index contributed by atoms with van der Waals surface area (Å²) in [5, 5.41) is 0. The molecule has 4 nitrogen and oxygen atoms in total. The summed E-state index contributed by atoms with van der Waals surface area (Å²) in [4.78, 5) is 11.1. The van der Waals surface area contributed by atoms with Gasteiger partial charge in [0.15, 0.2) is 5.65 Å². The zero-order chi connectivity index (χ0) is 12.3. The Morgan fingerprint density at radius 1 is 1.47 bits per heavy atom. The Labute approximate surface area is 106 Å². The maximum Gasteiger partial charge on any atom is 0.160 e. The normalized spacial score (nSPS) is 11.5. The molecule has 0 radical (unpaired) electrons. The number of pyridine rings is 1. The van der Waals surface area contributed by atoms with Crippen LogP contribution >= 0.6 is 11.6 Å². The van der Waals surface area contributed by atoms with Gasteiger partial charge in [-0.3, -0.25) is 0 Å². The van der Waals surface area contributed by atoms with E-state index in [-0.39, 0.29) is 0 Å². The average Bonchev–Trinajstić information content (AvgIpc) is 2.73. The monoisotopic (exact) mass is 252 g/mol. The quantitative estimate of drug-likeness (QED) is 0.765. The molecule has 5 heteroatoms. The molecule has 0 spiro atoms. The van der Waals surface area contributed by atoms with Gasteiger partial charge in [-0.1, -0.05) is 6.92 Å². The third kappa shape index (κ3) is 2.58. The van der Waals surface area contributed by atoms with Crippen molar-refractivity contribution in [3.05, 3.63) is 24.2 Å². The topological polar surface area (TPSA) is 34.0 Å². The van der Waals surface area contributed by atoms with Crippen LogP contribution in [-0.2, 0) is 12.4 Å². The van der Waals surface area contributed by atoms with Crippen LogP contribution in [0.25, 0.3) is 11.2 Å². The van der Waals surface area contributed by atoms with Crippen LogP contribution in [0.1, 0.15) is 12.7 Å². The summed E-state index contributed by atoms with van der Waals surface area (Å²) in [7, 11) is 2.10. The molecular formula is C12H17ClN4. The van der Waals surface area contributed by atoms with Crippen molar-refractivity contribution in [3.63, 3.8) is 0 Å². The fourth-order valence-electron chi connectivity index (χ4n) is 1.77. The largest absolute Gasteiger partial charge is 0.310 e. The van der Waals surface area contributed by atoms with Gasteiger partial charge in [0.1, 0.15) is 11.3 Å². The Balaban J connectivity index is 2.30. The van der Waals surface area contributed by atoms with E-state index in [1.807, 2.05) is 12.1 Å².